The maximum Gasteiger partial charge on any atom is 0.349 e. The van der Waals surface area contributed by atoms with Crippen LogP contribution < -0.4 is 4.74 Å². The molecule has 0 aliphatic carbocycles. The summed E-state index contributed by atoms with van der Waals surface area (Å²) in [5.74, 6) is -0.320. The van der Waals surface area contributed by atoms with Crippen molar-refractivity contribution in [1.29, 1.82) is 5.26 Å². The molecule has 1 aliphatic heterocycles. The Morgan fingerprint density at radius 1 is 1.16 bits per heavy atom. The van der Waals surface area contributed by atoms with Gasteiger partial charge < -0.3 is 14.4 Å². The van der Waals surface area contributed by atoms with E-state index < -0.39 is 5.97 Å². The highest BCUT2D eigenvalue weighted by Gasteiger charge is 2.18. The van der Waals surface area contributed by atoms with Crippen molar-refractivity contribution in [2.45, 2.75) is 25.7 Å². The van der Waals surface area contributed by atoms with Gasteiger partial charge in [0.05, 0.1) is 7.11 Å². The van der Waals surface area contributed by atoms with Gasteiger partial charge in [-0.2, -0.15) is 5.26 Å². The number of likely N-dealkylation sites (tertiary alicyclic amines) is 1. The van der Waals surface area contributed by atoms with Gasteiger partial charge in [-0.1, -0.05) is 25.0 Å². The van der Waals surface area contributed by atoms with Crippen molar-refractivity contribution in [2.24, 2.45) is 0 Å². The molecule has 1 fully saturated rings. The molecule has 132 valence electrons. The van der Waals surface area contributed by atoms with E-state index in [0.717, 1.165) is 25.7 Å². The largest absolute Gasteiger partial charge is 0.497 e. The summed E-state index contributed by atoms with van der Waals surface area (Å²) < 4.78 is 10.1. The van der Waals surface area contributed by atoms with E-state index in [9.17, 15) is 14.9 Å². The molecule has 0 spiro atoms. The highest BCUT2D eigenvalue weighted by Crippen LogP contribution is 2.15. The number of nitrogens with zero attached hydrogens (tertiary/aromatic N) is 2. The molecule has 0 N–H and O–H groups in total. The van der Waals surface area contributed by atoms with Crippen LogP contribution in [0.2, 0.25) is 0 Å². The Hall–Kier alpha value is -2.81. The zero-order valence-electron chi connectivity index (χ0n) is 14.4. The van der Waals surface area contributed by atoms with Gasteiger partial charge in [0, 0.05) is 13.1 Å². The predicted octanol–water partition coefficient (Wildman–Crippen LogP) is 2.55. The van der Waals surface area contributed by atoms with Crippen molar-refractivity contribution in [3.8, 4) is 11.8 Å². The topological polar surface area (TPSA) is 79.6 Å². The van der Waals surface area contributed by atoms with Crippen LogP contribution in [0, 0.1) is 11.3 Å². The first-order valence-corrected chi connectivity index (χ1v) is 8.35. The lowest BCUT2D eigenvalue weighted by Crippen LogP contribution is -2.35. The van der Waals surface area contributed by atoms with Gasteiger partial charge in [-0.05, 0) is 36.6 Å². The number of benzene rings is 1. The maximum atomic E-state index is 12.1. The predicted molar refractivity (Wildman–Crippen MR) is 92.6 cm³/mol. The molecule has 0 unspecified atom stereocenters. The first kappa shape index (κ1) is 18.5. The van der Waals surface area contributed by atoms with Crippen LogP contribution >= 0.6 is 0 Å². The molecule has 0 radical (unpaired) electrons. The summed E-state index contributed by atoms with van der Waals surface area (Å²) >= 11 is 0. The van der Waals surface area contributed by atoms with Crippen LogP contribution in [0.25, 0.3) is 6.08 Å². The molecule has 1 saturated heterocycles. The molecule has 6 nitrogen and oxygen atoms in total. The molecule has 25 heavy (non-hydrogen) atoms. The number of ether oxygens (including phenoxy) is 2. The molecule has 0 aromatic heterocycles. The fourth-order valence-corrected chi connectivity index (χ4v) is 2.62. The highest BCUT2D eigenvalue weighted by atomic mass is 16.5. The van der Waals surface area contributed by atoms with Gasteiger partial charge in [-0.25, -0.2) is 4.79 Å². The number of esters is 1. The number of methoxy groups -OCH3 is 1. The summed E-state index contributed by atoms with van der Waals surface area (Å²) in [4.78, 5) is 25.9. The van der Waals surface area contributed by atoms with E-state index in [2.05, 4.69) is 0 Å². The molecule has 0 saturated carbocycles. The molecule has 1 amide bonds. The van der Waals surface area contributed by atoms with Crippen molar-refractivity contribution in [3.05, 3.63) is 35.4 Å². The van der Waals surface area contributed by atoms with Crippen molar-refractivity contribution in [2.75, 3.05) is 26.8 Å². The molecule has 1 aliphatic rings. The fraction of sp³-hybridized carbons (Fsp3) is 0.421. The van der Waals surface area contributed by atoms with E-state index in [1.807, 2.05) is 6.07 Å². The van der Waals surface area contributed by atoms with E-state index in [1.54, 1.807) is 36.3 Å². The smallest absolute Gasteiger partial charge is 0.349 e. The molecular weight excluding hydrogens is 320 g/mol. The first-order chi connectivity index (χ1) is 12.1. The third-order valence-corrected chi connectivity index (χ3v) is 4.05. The number of hydrogen-bond acceptors (Lipinski definition) is 5. The maximum absolute atomic E-state index is 12.1. The summed E-state index contributed by atoms with van der Waals surface area (Å²) in [7, 11) is 1.56. The Bertz CT molecular complexity index is 666. The van der Waals surface area contributed by atoms with Crippen molar-refractivity contribution < 1.29 is 19.1 Å². The molecular formula is C19H22N2O4. The van der Waals surface area contributed by atoms with Crippen LogP contribution in [-0.2, 0) is 14.3 Å². The minimum absolute atomic E-state index is 0.145. The lowest BCUT2D eigenvalue weighted by Gasteiger charge is -2.19. The summed E-state index contributed by atoms with van der Waals surface area (Å²) in [6, 6.07) is 8.74. The second-order valence-electron chi connectivity index (χ2n) is 5.81. The number of rotatable bonds is 5. The van der Waals surface area contributed by atoms with E-state index in [0.29, 0.717) is 24.4 Å². The Labute approximate surface area is 147 Å². The Morgan fingerprint density at radius 3 is 2.36 bits per heavy atom. The number of carbonyl (C=O) groups excluding carboxylic acids is 2. The monoisotopic (exact) mass is 342 g/mol. The van der Waals surface area contributed by atoms with E-state index in [1.165, 1.54) is 6.08 Å². The van der Waals surface area contributed by atoms with Gasteiger partial charge in [-0.3, -0.25) is 4.79 Å². The minimum atomic E-state index is -0.790. The number of amides is 1. The number of carbonyl (C=O) groups is 2. The molecule has 1 aromatic rings. The van der Waals surface area contributed by atoms with Crippen LogP contribution in [0.3, 0.4) is 0 Å². The first-order valence-electron chi connectivity index (χ1n) is 8.35. The third-order valence-electron chi connectivity index (χ3n) is 4.05. The second kappa shape index (κ2) is 9.48. The van der Waals surface area contributed by atoms with Gasteiger partial charge in [-0.15, -0.1) is 0 Å². The summed E-state index contributed by atoms with van der Waals surface area (Å²) in [6.45, 7) is 1.06. The molecule has 6 heteroatoms. The van der Waals surface area contributed by atoms with Gasteiger partial charge in [0.1, 0.15) is 17.4 Å². The molecule has 0 bridgehead atoms. The molecule has 2 rings (SSSR count). The van der Waals surface area contributed by atoms with E-state index in [4.69, 9.17) is 9.47 Å². The standard InChI is InChI=1S/C19H22N2O4/c1-24-17-8-6-15(7-9-17)12-16(13-20)19(23)25-14-18(22)21-10-4-2-3-5-11-21/h6-9,12H,2-5,10-11,14H2,1H3. The lowest BCUT2D eigenvalue weighted by molar-refractivity contribution is -0.148. The van der Waals surface area contributed by atoms with Crippen molar-refractivity contribution >= 4 is 18.0 Å². The Morgan fingerprint density at radius 2 is 1.80 bits per heavy atom. The fourth-order valence-electron chi connectivity index (χ4n) is 2.62. The average Bonchev–Trinajstić information content (AvgIpc) is 2.94. The molecule has 1 heterocycles. The van der Waals surface area contributed by atoms with Crippen LogP contribution in [0.1, 0.15) is 31.2 Å². The van der Waals surface area contributed by atoms with E-state index >= 15 is 0 Å². The zero-order chi connectivity index (χ0) is 18.1. The van der Waals surface area contributed by atoms with Gasteiger partial charge in [0.15, 0.2) is 6.61 Å². The number of hydrogen-bond donors (Lipinski definition) is 0. The van der Waals surface area contributed by atoms with Crippen LogP contribution in [0.15, 0.2) is 29.8 Å². The van der Waals surface area contributed by atoms with Gasteiger partial charge in [0.25, 0.3) is 5.91 Å². The second-order valence-corrected chi connectivity index (χ2v) is 5.81. The molecule has 1 aromatic carbocycles. The SMILES string of the molecule is COc1ccc(C=C(C#N)C(=O)OCC(=O)N2CCCCCC2)cc1. The van der Waals surface area contributed by atoms with E-state index in [-0.39, 0.29) is 18.1 Å². The van der Waals surface area contributed by atoms with Crippen LogP contribution in [-0.4, -0.2) is 43.6 Å². The third kappa shape index (κ3) is 5.64. The summed E-state index contributed by atoms with van der Waals surface area (Å²) in [6.07, 6.45) is 5.61. The zero-order valence-corrected chi connectivity index (χ0v) is 14.4. The average molecular weight is 342 g/mol. The van der Waals surface area contributed by atoms with Crippen LogP contribution in [0.5, 0.6) is 5.75 Å². The number of nitriles is 1. The van der Waals surface area contributed by atoms with Crippen molar-refractivity contribution in [3.63, 3.8) is 0 Å². The van der Waals surface area contributed by atoms with Crippen LogP contribution in [0.4, 0.5) is 0 Å². The summed E-state index contributed by atoms with van der Waals surface area (Å²) in [5, 5.41) is 9.17. The summed E-state index contributed by atoms with van der Waals surface area (Å²) in [5.41, 5.74) is 0.530. The lowest BCUT2D eigenvalue weighted by atomic mass is 10.1. The minimum Gasteiger partial charge on any atom is -0.497 e. The Balaban J connectivity index is 1.93. The van der Waals surface area contributed by atoms with Gasteiger partial charge >= 0.3 is 5.97 Å². The molecule has 0 atom stereocenters. The van der Waals surface area contributed by atoms with Crippen molar-refractivity contribution in [1.82, 2.24) is 4.90 Å². The quantitative estimate of drug-likeness (QED) is 0.467. The highest BCUT2D eigenvalue weighted by molar-refractivity contribution is 5.98. The Kier molecular flexibility index (Phi) is 7.02. The normalized spacial score (nSPS) is 15.0. The van der Waals surface area contributed by atoms with Gasteiger partial charge in [0.2, 0.25) is 0 Å².